The standard InChI is InChI=1S/C12H19NO3S/c1-12(2,3)9-6-7-10(16-5)11(8-9)17(14,15)13-4/h6-8,13H,1-5H3. The molecule has 0 atom stereocenters. The van der Waals surface area contributed by atoms with Gasteiger partial charge in [0.05, 0.1) is 7.11 Å². The van der Waals surface area contributed by atoms with Crippen molar-refractivity contribution in [3.05, 3.63) is 23.8 Å². The minimum Gasteiger partial charge on any atom is -0.495 e. The average molecular weight is 257 g/mol. The van der Waals surface area contributed by atoms with Crippen molar-refractivity contribution < 1.29 is 13.2 Å². The first-order valence-electron chi connectivity index (χ1n) is 5.34. The van der Waals surface area contributed by atoms with Crippen LogP contribution in [0.2, 0.25) is 0 Å². The molecule has 1 rings (SSSR count). The quantitative estimate of drug-likeness (QED) is 0.899. The lowest BCUT2D eigenvalue weighted by molar-refractivity contribution is 0.401. The molecule has 0 unspecified atom stereocenters. The van der Waals surface area contributed by atoms with Gasteiger partial charge in [-0.25, -0.2) is 13.1 Å². The first kappa shape index (κ1) is 14.0. The van der Waals surface area contributed by atoms with Crippen LogP contribution in [-0.2, 0) is 15.4 Å². The molecule has 0 bridgehead atoms. The van der Waals surface area contributed by atoms with E-state index in [4.69, 9.17) is 4.74 Å². The van der Waals surface area contributed by atoms with Crippen LogP contribution < -0.4 is 9.46 Å². The Morgan fingerprint density at radius 1 is 1.24 bits per heavy atom. The monoisotopic (exact) mass is 257 g/mol. The van der Waals surface area contributed by atoms with Gasteiger partial charge in [-0.05, 0) is 30.2 Å². The van der Waals surface area contributed by atoms with Crippen LogP contribution in [0.3, 0.4) is 0 Å². The van der Waals surface area contributed by atoms with Gasteiger partial charge in [0.15, 0.2) is 0 Å². The largest absolute Gasteiger partial charge is 0.495 e. The molecule has 0 radical (unpaired) electrons. The van der Waals surface area contributed by atoms with Gasteiger partial charge in [-0.1, -0.05) is 26.8 Å². The minimum atomic E-state index is -3.50. The first-order valence-corrected chi connectivity index (χ1v) is 6.83. The van der Waals surface area contributed by atoms with Crippen LogP contribution in [0.5, 0.6) is 5.75 Å². The Bertz CT molecular complexity index is 501. The minimum absolute atomic E-state index is 0.107. The summed E-state index contributed by atoms with van der Waals surface area (Å²) >= 11 is 0. The van der Waals surface area contributed by atoms with Crippen molar-refractivity contribution in [3.8, 4) is 5.75 Å². The molecule has 4 nitrogen and oxygen atoms in total. The fraction of sp³-hybridized carbons (Fsp3) is 0.500. The number of benzene rings is 1. The van der Waals surface area contributed by atoms with Gasteiger partial charge in [0.1, 0.15) is 10.6 Å². The van der Waals surface area contributed by atoms with Crippen molar-refractivity contribution in [1.29, 1.82) is 0 Å². The van der Waals surface area contributed by atoms with Crippen LogP contribution >= 0.6 is 0 Å². The van der Waals surface area contributed by atoms with E-state index in [1.807, 2.05) is 26.8 Å². The van der Waals surface area contributed by atoms with Crippen LogP contribution in [0.25, 0.3) is 0 Å². The smallest absolute Gasteiger partial charge is 0.244 e. The second-order valence-corrected chi connectivity index (χ2v) is 6.68. The second kappa shape index (κ2) is 4.66. The lowest BCUT2D eigenvalue weighted by atomic mass is 9.87. The number of methoxy groups -OCH3 is 1. The third kappa shape index (κ3) is 2.98. The van der Waals surface area contributed by atoms with E-state index in [0.717, 1.165) is 5.56 Å². The molecule has 0 heterocycles. The summed E-state index contributed by atoms with van der Waals surface area (Å²) in [6.07, 6.45) is 0. The zero-order valence-corrected chi connectivity index (χ0v) is 11.7. The maximum absolute atomic E-state index is 11.9. The summed E-state index contributed by atoms with van der Waals surface area (Å²) in [6, 6.07) is 5.23. The Hall–Kier alpha value is -1.07. The molecule has 0 aromatic heterocycles. The first-order chi connectivity index (χ1) is 7.72. The Balaban J connectivity index is 3.46. The molecule has 1 aromatic rings. The van der Waals surface area contributed by atoms with Gasteiger partial charge in [0.2, 0.25) is 10.0 Å². The van der Waals surface area contributed by atoms with E-state index in [2.05, 4.69) is 4.72 Å². The van der Waals surface area contributed by atoms with Crippen molar-refractivity contribution in [2.75, 3.05) is 14.2 Å². The van der Waals surface area contributed by atoms with Gasteiger partial charge in [0, 0.05) is 0 Å². The third-order valence-electron chi connectivity index (χ3n) is 2.59. The van der Waals surface area contributed by atoms with E-state index >= 15 is 0 Å². The number of hydrogen-bond acceptors (Lipinski definition) is 3. The lowest BCUT2D eigenvalue weighted by Gasteiger charge is -2.20. The number of sulfonamides is 1. The van der Waals surface area contributed by atoms with Gasteiger partial charge >= 0.3 is 0 Å². The Labute approximate surface area is 103 Å². The predicted molar refractivity (Wildman–Crippen MR) is 67.9 cm³/mol. The maximum atomic E-state index is 11.9. The van der Waals surface area contributed by atoms with Crippen LogP contribution in [0.1, 0.15) is 26.3 Å². The number of ether oxygens (including phenoxy) is 1. The highest BCUT2D eigenvalue weighted by atomic mass is 32.2. The normalized spacial score (nSPS) is 12.5. The summed E-state index contributed by atoms with van der Waals surface area (Å²) in [5, 5.41) is 0. The molecule has 5 heteroatoms. The van der Waals surface area contributed by atoms with Gasteiger partial charge in [-0.15, -0.1) is 0 Å². The van der Waals surface area contributed by atoms with Gasteiger partial charge < -0.3 is 4.74 Å². The number of hydrogen-bond donors (Lipinski definition) is 1. The van der Waals surface area contributed by atoms with Crippen LogP contribution in [0, 0.1) is 0 Å². The highest BCUT2D eigenvalue weighted by molar-refractivity contribution is 7.89. The Morgan fingerprint density at radius 3 is 2.24 bits per heavy atom. The Morgan fingerprint density at radius 2 is 1.82 bits per heavy atom. The molecule has 0 fully saturated rings. The molecule has 0 aliphatic heterocycles. The summed E-state index contributed by atoms with van der Waals surface area (Å²) in [7, 11) is -0.652. The van der Waals surface area contributed by atoms with Crippen LogP contribution in [0.4, 0.5) is 0 Å². The van der Waals surface area contributed by atoms with Crippen LogP contribution in [0.15, 0.2) is 23.1 Å². The molecular weight excluding hydrogens is 238 g/mol. The second-order valence-electron chi connectivity index (χ2n) is 4.82. The molecule has 17 heavy (non-hydrogen) atoms. The molecule has 0 saturated carbocycles. The summed E-state index contributed by atoms with van der Waals surface area (Å²) in [5.74, 6) is 0.354. The molecular formula is C12H19NO3S. The van der Waals surface area contributed by atoms with Crippen molar-refractivity contribution >= 4 is 10.0 Å². The van der Waals surface area contributed by atoms with E-state index in [1.165, 1.54) is 14.2 Å². The highest BCUT2D eigenvalue weighted by Gasteiger charge is 2.22. The molecule has 0 saturated heterocycles. The van der Waals surface area contributed by atoms with E-state index < -0.39 is 10.0 Å². The number of rotatable bonds is 3. The molecule has 1 N–H and O–H groups in total. The fourth-order valence-corrected chi connectivity index (χ4v) is 2.38. The predicted octanol–water partition coefficient (Wildman–Crippen LogP) is 1.90. The Kier molecular flexibility index (Phi) is 3.84. The molecule has 1 aromatic carbocycles. The molecule has 0 aliphatic rings. The summed E-state index contributed by atoms with van der Waals surface area (Å²) in [5.41, 5.74) is 0.844. The maximum Gasteiger partial charge on any atom is 0.244 e. The fourth-order valence-electron chi connectivity index (χ4n) is 1.46. The van der Waals surface area contributed by atoms with Crippen molar-refractivity contribution in [3.63, 3.8) is 0 Å². The van der Waals surface area contributed by atoms with Gasteiger partial charge in [-0.2, -0.15) is 0 Å². The summed E-state index contributed by atoms with van der Waals surface area (Å²) < 4.78 is 31.1. The molecule has 0 aliphatic carbocycles. The molecule has 0 spiro atoms. The van der Waals surface area contributed by atoms with Crippen molar-refractivity contribution in [1.82, 2.24) is 4.72 Å². The lowest BCUT2D eigenvalue weighted by Crippen LogP contribution is -2.21. The SMILES string of the molecule is CNS(=O)(=O)c1cc(C(C)(C)C)ccc1OC. The average Bonchev–Trinajstić information content (AvgIpc) is 2.27. The van der Waals surface area contributed by atoms with E-state index in [9.17, 15) is 8.42 Å². The van der Waals surface area contributed by atoms with E-state index in [-0.39, 0.29) is 10.3 Å². The third-order valence-corrected chi connectivity index (χ3v) is 4.02. The zero-order valence-electron chi connectivity index (χ0n) is 10.9. The number of nitrogens with one attached hydrogen (secondary N) is 1. The highest BCUT2D eigenvalue weighted by Crippen LogP contribution is 2.30. The van der Waals surface area contributed by atoms with Crippen LogP contribution in [-0.4, -0.2) is 22.6 Å². The van der Waals surface area contributed by atoms with Crippen molar-refractivity contribution in [2.24, 2.45) is 0 Å². The molecule has 0 amide bonds. The molecule has 96 valence electrons. The van der Waals surface area contributed by atoms with Gasteiger partial charge in [-0.3, -0.25) is 0 Å². The summed E-state index contributed by atoms with van der Waals surface area (Å²) in [4.78, 5) is 0.176. The van der Waals surface area contributed by atoms with Crippen molar-refractivity contribution in [2.45, 2.75) is 31.1 Å². The topological polar surface area (TPSA) is 55.4 Å². The van der Waals surface area contributed by atoms with Gasteiger partial charge in [0.25, 0.3) is 0 Å². The van der Waals surface area contributed by atoms with E-state index in [1.54, 1.807) is 12.1 Å². The zero-order chi connectivity index (χ0) is 13.3. The summed E-state index contributed by atoms with van der Waals surface area (Å²) in [6.45, 7) is 6.10. The van der Waals surface area contributed by atoms with E-state index in [0.29, 0.717) is 5.75 Å².